The van der Waals surface area contributed by atoms with E-state index in [0.29, 0.717) is 36.6 Å². The zero-order chi connectivity index (χ0) is 20.4. The van der Waals surface area contributed by atoms with E-state index in [-0.39, 0.29) is 11.7 Å². The van der Waals surface area contributed by atoms with Gasteiger partial charge >= 0.3 is 0 Å². The molecule has 1 fully saturated rings. The molecular formula is C21H25ClN2O3S. The van der Waals surface area contributed by atoms with Crippen LogP contribution in [0.2, 0.25) is 5.02 Å². The van der Waals surface area contributed by atoms with Crippen LogP contribution in [0.5, 0.6) is 0 Å². The Morgan fingerprint density at radius 3 is 2.36 bits per heavy atom. The molecule has 5 nitrogen and oxygen atoms in total. The number of rotatable bonds is 5. The molecule has 1 saturated heterocycles. The molecule has 0 atom stereocenters. The molecule has 2 aromatic rings. The van der Waals surface area contributed by atoms with Gasteiger partial charge in [-0.1, -0.05) is 48.0 Å². The van der Waals surface area contributed by atoms with E-state index < -0.39 is 15.4 Å². The highest BCUT2D eigenvalue weighted by atomic mass is 35.5. The van der Waals surface area contributed by atoms with Crippen molar-refractivity contribution in [3.63, 3.8) is 0 Å². The van der Waals surface area contributed by atoms with Crippen LogP contribution in [0, 0.1) is 6.92 Å². The average molecular weight is 421 g/mol. The maximum Gasteiger partial charge on any atom is 0.235 e. The van der Waals surface area contributed by atoms with E-state index in [2.05, 4.69) is 5.32 Å². The highest BCUT2D eigenvalue weighted by molar-refractivity contribution is 7.89. The first-order valence-electron chi connectivity index (χ1n) is 9.40. The molecule has 0 unspecified atom stereocenters. The molecule has 0 radical (unpaired) electrons. The van der Waals surface area contributed by atoms with Crippen molar-refractivity contribution in [2.45, 2.75) is 32.1 Å². The molecule has 1 aliphatic rings. The smallest absolute Gasteiger partial charge is 0.235 e. The number of sulfonamides is 1. The van der Waals surface area contributed by atoms with Gasteiger partial charge in [-0.15, -0.1) is 0 Å². The lowest BCUT2D eigenvalue weighted by Crippen LogP contribution is -2.51. The van der Waals surface area contributed by atoms with Crippen molar-refractivity contribution in [1.82, 2.24) is 4.31 Å². The first kappa shape index (κ1) is 20.8. The second-order valence-electron chi connectivity index (χ2n) is 7.11. The van der Waals surface area contributed by atoms with Crippen molar-refractivity contribution in [1.29, 1.82) is 0 Å². The molecule has 0 spiro atoms. The molecule has 1 heterocycles. The first-order chi connectivity index (χ1) is 13.3. The normalized spacial score (nSPS) is 17.2. The lowest BCUT2D eigenvalue weighted by atomic mass is 9.72. The summed E-state index contributed by atoms with van der Waals surface area (Å²) in [4.78, 5) is 13.5. The third kappa shape index (κ3) is 3.95. The summed E-state index contributed by atoms with van der Waals surface area (Å²) in [6.45, 7) is 4.16. The Morgan fingerprint density at radius 1 is 1.11 bits per heavy atom. The quantitative estimate of drug-likeness (QED) is 0.795. The number of halogens is 1. The van der Waals surface area contributed by atoms with Crippen LogP contribution in [0.1, 0.15) is 30.9 Å². The largest absolute Gasteiger partial charge is 0.325 e. The fourth-order valence-corrected chi connectivity index (χ4v) is 5.00. The summed E-state index contributed by atoms with van der Waals surface area (Å²) in [5.41, 5.74) is 1.61. The van der Waals surface area contributed by atoms with Crippen molar-refractivity contribution < 1.29 is 13.2 Å². The molecule has 1 N–H and O–H groups in total. The SMILES string of the molecule is CCS(=O)(=O)N1CCC(C(=O)Nc2cccc(Cl)c2C)(c2ccccc2)CC1. The van der Waals surface area contributed by atoms with Crippen LogP contribution >= 0.6 is 11.6 Å². The Balaban J connectivity index is 1.93. The second kappa shape index (κ2) is 8.23. The number of benzene rings is 2. The van der Waals surface area contributed by atoms with Crippen LogP contribution < -0.4 is 5.32 Å². The van der Waals surface area contributed by atoms with Crippen LogP contribution in [0.25, 0.3) is 0 Å². The van der Waals surface area contributed by atoms with Crippen LogP contribution in [-0.2, 0) is 20.2 Å². The van der Waals surface area contributed by atoms with Crippen LogP contribution in [0.3, 0.4) is 0 Å². The summed E-state index contributed by atoms with van der Waals surface area (Å²) in [7, 11) is -3.27. The van der Waals surface area contributed by atoms with E-state index in [0.717, 1.165) is 11.1 Å². The van der Waals surface area contributed by atoms with E-state index >= 15 is 0 Å². The molecule has 1 amide bonds. The van der Waals surface area contributed by atoms with Gasteiger partial charge in [0.1, 0.15) is 0 Å². The molecule has 3 rings (SSSR count). The van der Waals surface area contributed by atoms with Gasteiger partial charge in [0, 0.05) is 23.8 Å². The first-order valence-corrected chi connectivity index (χ1v) is 11.4. The zero-order valence-electron chi connectivity index (χ0n) is 16.1. The Morgan fingerprint density at radius 2 is 1.75 bits per heavy atom. The number of hydrogen-bond donors (Lipinski definition) is 1. The molecular weight excluding hydrogens is 396 g/mol. The van der Waals surface area contributed by atoms with Crippen LogP contribution in [-0.4, -0.2) is 37.5 Å². The van der Waals surface area contributed by atoms with E-state index in [9.17, 15) is 13.2 Å². The third-order valence-corrected chi connectivity index (χ3v) is 7.90. The molecule has 28 heavy (non-hydrogen) atoms. The molecule has 2 aromatic carbocycles. The molecule has 0 aromatic heterocycles. The maximum atomic E-state index is 13.5. The summed E-state index contributed by atoms with van der Waals surface area (Å²) in [5, 5.41) is 3.63. The van der Waals surface area contributed by atoms with Crippen molar-refractivity contribution in [2.24, 2.45) is 0 Å². The van der Waals surface area contributed by atoms with Gasteiger partial charge in [0.2, 0.25) is 15.9 Å². The summed E-state index contributed by atoms with van der Waals surface area (Å²) >= 11 is 6.20. The van der Waals surface area contributed by atoms with E-state index in [1.807, 2.05) is 43.3 Å². The molecule has 0 aliphatic carbocycles. The summed E-state index contributed by atoms with van der Waals surface area (Å²) in [5.74, 6) is -0.0585. The van der Waals surface area contributed by atoms with Crippen molar-refractivity contribution in [2.75, 3.05) is 24.2 Å². The molecule has 0 saturated carbocycles. The Kier molecular flexibility index (Phi) is 6.12. The minimum atomic E-state index is -3.27. The Bertz CT molecular complexity index is 953. The summed E-state index contributed by atoms with van der Waals surface area (Å²) < 4.78 is 26.0. The van der Waals surface area contributed by atoms with Crippen molar-refractivity contribution >= 4 is 33.2 Å². The van der Waals surface area contributed by atoms with E-state index in [1.165, 1.54) is 4.31 Å². The number of piperidine rings is 1. The topological polar surface area (TPSA) is 66.5 Å². The van der Waals surface area contributed by atoms with Gasteiger partial charge in [0.25, 0.3) is 0 Å². The Labute approximate surface area is 171 Å². The van der Waals surface area contributed by atoms with Gasteiger partial charge in [0.05, 0.1) is 11.2 Å². The fourth-order valence-electron chi connectivity index (χ4n) is 3.72. The van der Waals surface area contributed by atoms with Crippen molar-refractivity contribution in [3.05, 3.63) is 64.7 Å². The highest BCUT2D eigenvalue weighted by Crippen LogP contribution is 2.38. The fraction of sp³-hybridized carbons (Fsp3) is 0.381. The lowest BCUT2D eigenvalue weighted by molar-refractivity contribution is -0.123. The minimum Gasteiger partial charge on any atom is -0.325 e. The number of amides is 1. The molecule has 0 bridgehead atoms. The zero-order valence-corrected chi connectivity index (χ0v) is 17.7. The summed E-state index contributed by atoms with van der Waals surface area (Å²) in [6.07, 6.45) is 0.864. The number of carbonyl (C=O) groups is 1. The van der Waals surface area contributed by atoms with E-state index in [4.69, 9.17) is 11.6 Å². The van der Waals surface area contributed by atoms with Crippen LogP contribution in [0.4, 0.5) is 5.69 Å². The van der Waals surface area contributed by atoms with Gasteiger partial charge in [0.15, 0.2) is 0 Å². The number of carbonyl (C=O) groups excluding carboxylic acids is 1. The lowest BCUT2D eigenvalue weighted by Gasteiger charge is -2.40. The average Bonchev–Trinajstić information content (AvgIpc) is 2.72. The van der Waals surface area contributed by atoms with Gasteiger partial charge in [-0.05, 0) is 49.9 Å². The predicted octanol–water partition coefficient (Wildman–Crippen LogP) is 3.97. The van der Waals surface area contributed by atoms with Crippen LogP contribution in [0.15, 0.2) is 48.5 Å². The van der Waals surface area contributed by atoms with Gasteiger partial charge in [-0.25, -0.2) is 12.7 Å². The monoisotopic (exact) mass is 420 g/mol. The Hall–Kier alpha value is -1.89. The molecule has 1 aliphatic heterocycles. The van der Waals surface area contributed by atoms with Gasteiger partial charge < -0.3 is 5.32 Å². The van der Waals surface area contributed by atoms with Gasteiger partial charge in [-0.2, -0.15) is 0 Å². The second-order valence-corrected chi connectivity index (χ2v) is 9.78. The van der Waals surface area contributed by atoms with Crippen molar-refractivity contribution in [3.8, 4) is 0 Å². The van der Waals surface area contributed by atoms with E-state index in [1.54, 1.807) is 19.1 Å². The minimum absolute atomic E-state index is 0.0687. The number of nitrogens with one attached hydrogen (secondary N) is 1. The number of hydrogen-bond acceptors (Lipinski definition) is 3. The summed E-state index contributed by atoms with van der Waals surface area (Å²) in [6, 6.07) is 15.0. The maximum absolute atomic E-state index is 13.5. The standard InChI is InChI=1S/C21H25ClN2O3S/c1-3-28(26,27)24-14-12-21(13-15-24,17-8-5-4-6-9-17)20(25)23-19-11-7-10-18(22)16(19)2/h4-11H,3,12-15H2,1-2H3,(H,23,25). The number of anilines is 1. The number of nitrogens with zero attached hydrogens (tertiary/aromatic N) is 1. The predicted molar refractivity (Wildman–Crippen MR) is 113 cm³/mol. The van der Waals surface area contributed by atoms with Gasteiger partial charge in [-0.3, -0.25) is 4.79 Å². The third-order valence-electron chi connectivity index (χ3n) is 5.61. The molecule has 7 heteroatoms. The molecule has 150 valence electrons. The highest BCUT2D eigenvalue weighted by Gasteiger charge is 2.44.